The molecule has 0 spiro atoms. The van der Waals surface area contributed by atoms with E-state index >= 15 is 0 Å². The van der Waals surface area contributed by atoms with E-state index in [2.05, 4.69) is 15.2 Å². The van der Waals surface area contributed by atoms with Gasteiger partial charge in [-0.15, -0.1) is 9.90 Å². The van der Waals surface area contributed by atoms with Gasteiger partial charge in [0.2, 0.25) is 0 Å². The average molecular weight is 256 g/mol. The minimum atomic E-state index is -0.599. The van der Waals surface area contributed by atoms with Crippen LogP contribution in [-0.4, -0.2) is 30.0 Å². The Morgan fingerprint density at radius 1 is 1.53 bits per heavy atom. The van der Waals surface area contributed by atoms with Crippen molar-refractivity contribution in [1.29, 1.82) is 0 Å². The molecule has 0 aliphatic carbocycles. The van der Waals surface area contributed by atoms with Crippen molar-refractivity contribution in [2.75, 3.05) is 0 Å². The Bertz CT molecular complexity index is 570. The van der Waals surface area contributed by atoms with Gasteiger partial charge in [-0.25, -0.2) is 4.98 Å². The Morgan fingerprint density at radius 3 is 2.82 bits per heavy atom. The summed E-state index contributed by atoms with van der Waals surface area (Å²) >= 11 is 5.83. The minimum Gasteiger partial charge on any atom is -0.390 e. The summed E-state index contributed by atoms with van der Waals surface area (Å²) in [6.07, 6.45) is 2.41. The van der Waals surface area contributed by atoms with Gasteiger partial charge in [0.15, 0.2) is 5.82 Å². The van der Waals surface area contributed by atoms with Crippen LogP contribution in [0, 0.1) is 10.1 Å². The van der Waals surface area contributed by atoms with E-state index in [-0.39, 0.29) is 23.1 Å². The lowest BCUT2D eigenvalue weighted by molar-refractivity contribution is -0.385. The van der Waals surface area contributed by atoms with Gasteiger partial charge in [0.1, 0.15) is 11.9 Å². The molecule has 2 aromatic rings. The molecule has 0 amide bonds. The number of nitro groups is 1. The normalized spacial score (nSPS) is 10.5. The van der Waals surface area contributed by atoms with Crippen LogP contribution in [0.4, 0.5) is 5.69 Å². The van der Waals surface area contributed by atoms with Crippen molar-refractivity contribution in [3.05, 3.63) is 39.3 Å². The molecule has 17 heavy (non-hydrogen) atoms. The maximum Gasteiger partial charge on any atom is 0.289 e. The second kappa shape index (κ2) is 4.44. The number of aromatic nitrogens is 4. The number of aliphatic hydroxyl groups excluding tert-OH is 1. The molecule has 0 unspecified atom stereocenters. The standard InChI is InChI=1S/C8H6ClN5O3/c9-7-1-6(14(16)17)3-10-8(7)13-11-2-5(4-15)12-13/h1-3,15H,4H2. The van der Waals surface area contributed by atoms with Crippen molar-refractivity contribution >= 4 is 17.3 Å². The monoisotopic (exact) mass is 255 g/mol. The first-order valence-electron chi connectivity index (χ1n) is 4.44. The molecular weight excluding hydrogens is 250 g/mol. The third-order valence-corrected chi connectivity index (χ3v) is 2.19. The zero-order chi connectivity index (χ0) is 12.4. The number of pyridine rings is 1. The van der Waals surface area contributed by atoms with Crippen LogP contribution in [0.2, 0.25) is 5.02 Å². The predicted octanol–water partition coefficient (Wildman–Crippen LogP) is 0.716. The summed E-state index contributed by atoms with van der Waals surface area (Å²) in [5.41, 5.74) is 0.134. The van der Waals surface area contributed by atoms with Gasteiger partial charge in [0.25, 0.3) is 5.69 Å². The number of hydrogen-bond acceptors (Lipinski definition) is 6. The third-order valence-electron chi connectivity index (χ3n) is 1.91. The summed E-state index contributed by atoms with van der Waals surface area (Å²) in [4.78, 5) is 14.8. The topological polar surface area (TPSA) is 107 Å². The van der Waals surface area contributed by atoms with Crippen LogP contribution in [0.1, 0.15) is 5.69 Å². The third kappa shape index (κ3) is 2.22. The predicted molar refractivity (Wildman–Crippen MR) is 56.7 cm³/mol. The first-order valence-corrected chi connectivity index (χ1v) is 4.82. The van der Waals surface area contributed by atoms with Gasteiger partial charge < -0.3 is 5.11 Å². The molecular formula is C8H6ClN5O3. The van der Waals surface area contributed by atoms with Gasteiger partial charge in [-0.3, -0.25) is 10.1 Å². The van der Waals surface area contributed by atoms with Crippen LogP contribution in [-0.2, 0) is 6.61 Å². The zero-order valence-corrected chi connectivity index (χ0v) is 9.07. The fraction of sp³-hybridized carbons (Fsp3) is 0.125. The average Bonchev–Trinajstić information content (AvgIpc) is 2.77. The maximum absolute atomic E-state index is 10.5. The number of hydrogen-bond donors (Lipinski definition) is 1. The van der Waals surface area contributed by atoms with Gasteiger partial charge in [0, 0.05) is 6.07 Å². The Morgan fingerprint density at radius 2 is 2.29 bits per heavy atom. The van der Waals surface area contributed by atoms with Gasteiger partial charge in [-0.2, -0.15) is 5.10 Å². The van der Waals surface area contributed by atoms with Crippen molar-refractivity contribution in [1.82, 2.24) is 20.0 Å². The fourth-order valence-electron chi connectivity index (χ4n) is 1.14. The highest BCUT2D eigenvalue weighted by molar-refractivity contribution is 6.32. The molecule has 0 atom stereocenters. The fourth-order valence-corrected chi connectivity index (χ4v) is 1.37. The smallest absolute Gasteiger partial charge is 0.289 e. The Kier molecular flexibility index (Phi) is 2.98. The highest BCUT2D eigenvalue weighted by Gasteiger charge is 2.13. The number of rotatable bonds is 3. The highest BCUT2D eigenvalue weighted by Crippen LogP contribution is 2.21. The van der Waals surface area contributed by atoms with E-state index in [0.717, 1.165) is 17.1 Å². The van der Waals surface area contributed by atoms with Crippen LogP contribution in [0.15, 0.2) is 18.5 Å². The first-order chi connectivity index (χ1) is 8.11. The summed E-state index contributed by atoms with van der Waals surface area (Å²) in [5.74, 6) is 0.164. The largest absolute Gasteiger partial charge is 0.390 e. The molecule has 0 aliphatic heterocycles. The van der Waals surface area contributed by atoms with Crippen molar-refractivity contribution in [2.45, 2.75) is 6.61 Å². The second-order valence-electron chi connectivity index (χ2n) is 3.04. The van der Waals surface area contributed by atoms with E-state index in [4.69, 9.17) is 16.7 Å². The van der Waals surface area contributed by atoms with Gasteiger partial charge in [-0.1, -0.05) is 11.6 Å². The number of halogens is 1. The maximum atomic E-state index is 10.5. The quantitative estimate of drug-likeness (QED) is 0.639. The molecule has 2 aromatic heterocycles. The lowest BCUT2D eigenvalue weighted by Gasteiger charge is -2.00. The molecule has 0 fully saturated rings. The lowest BCUT2D eigenvalue weighted by Crippen LogP contribution is -2.04. The van der Waals surface area contributed by atoms with Crippen molar-refractivity contribution in [3.8, 4) is 5.82 Å². The zero-order valence-electron chi connectivity index (χ0n) is 8.32. The Labute approximate surface area is 99.6 Å². The molecule has 0 bridgehead atoms. The van der Waals surface area contributed by atoms with E-state index in [1.54, 1.807) is 0 Å². The molecule has 0 aliphatic rings. The van der Waals surface area contributed by atoms with Crippen LogP contribution in [0.25, 0.3) is 5.82 Å². The van der Waals surface area contributed by atoms with Crippen molar-refractivity contribution < 1.29 is 10.0 Å². The van der Waals surface area contributed by atoms with Gasteiger partial charge >= 0.3 is 0 Å². The highest BCUT2D eigenvalue weighted by atomic mass is 35.5. The molecule has 9 heteroatoms. The summed E-state index contributed by atoms with van der Waals surface area (Å²) in [5, 5.41) is 27.1. The van der Waals surface area contributed by atoms with Crippen molar-refractivity contribution in [2.24, 2.45) is 0 Å². The van der Waals surface area contributed by atoms with E-state index in [0.29, 0.717) is 5.69 Å². The summed E-state index contributed by atoms with van der Waals surface area (Å²) < 4.78 is 0. The van der Waals surface area contributed by atoms with Crippen LogP contribution >= 0.6 is 11.6 Å². The van der Waals surface area contributed by atoms with E-state index < -0.39 is 4.92 Å². The summed E-state index contributed by atoms with van der Waals surface area (Å²) in [7, 11) is 0. The molecule has 0 aromatic carbocycles. The Hall–Kier alpha value is -2.06. The summed E-state index contributed by atoms with van der Waals surface area (Å²) in [6.45, 7) is -0.259. The Balaban J connectivity index is 2.42. The van der Waals surface area contributed by atoms with Gasteiger partial charge in [0.05, 0.1) is 22.7 Å². The van der Waals surface area contributed by atoms with E-state index in [1.165, 1.54) is 6.20 Å². The minimum absolute atomic E-state index is 0.0549. The number of nitrogens with zero attached hydrogens (tertiary/aromatic N) is 5. The lowest BCUT2D eigenvalue weighted by atomic mass is 10.4. The molecule has 1 N–H and O–H groups in total. The second-order valence-corrected chi connectivity index (χ2v) is 3.45. The van der Waals surface area contributed by atoms with E-state index in [1.807, 2.05) is 0 Å². The molecule has 0 saturated heterocycles. The molecule has 2 rings (SSSR count). The van der Waals surface area contributed by atoms with E-state index in [9.17, 15) is 10.1 Å². The summed E-state index contributed by atoms with van der Waals surface area (Å²) in [6, 6.07) is 1.16. The van der Waals surface area contributed by atoms with Crippen LogP contribution in [0.5, 0.6) is 0 Å². The SMILES string of the molecule is O=[N+]([O-])c1cnc(-n2ncc(CO)n2)c(Cl)c1. The molecule has 8 nitrogen and oxygen atoms in total. The molecule has 2 heterocycles. The molecule has 0 saturated carbocycles. The van der Waals surface area contributed by atoms with Gasteiger partial charge in [-0.05, 0) is 0 Å². The number of aliphatic hydroxyl groups is 1. The first kappa shape index (κ1) is 11.4. The van der Waals surface area contributed by atoms with Crippen LogP contribution in [0.3, 0.4) is 0 Å². The van der Waals surface area contributed by atoms with Crippen LogP contribution < -0.4 is 0 Å². The molecule has 88 valence electrons. The van der Waals surface area contributed by atoms with Crippen molar-refractivity contribution in [3.63, 3.8) is 0 Å². The molecule has 0 radical (unpaired) electrons.